The number of imide groups is 1. The molecule has 0 radical (unpaired) electrons. The molecule has 1 aliphatic rings. The van der Waals surface area contributed by atoms with Gasteiger partial charge in [0.15, 0.2) is 0 Å². The quantitative estimate of drug-likeness (QED) is 0.546. The van der Waals surface area contributed by atoms with Crippen LogP contribution in [0, 0.1) is 6.92 Å². The SMILES string of the molecule is Cc1cccc(COc2ccc(Sc3ccncc3C3NC(=O)NC3=O)cc2Cl)c1. The van der Waals surface area contributed by atoms with Crippen molar-refractivity contribution < 1.29 is 14.3 Å². The van der Waals surface area contributed by atoms with Crippen molar-refractivity contribution in [3.63, 3.8) is 0 Å². The van der Waals surface area contributed by atoms with Gasteiger partial charge in [0, 0.05) is 27.7 Å². The number of ether oxygens (including phenoxy) is 1. The second kappa shape index (κ2) is 8.77. The van der Waals surface area contributed by atoms with Gasteiger partial charge >= 0.3 is 6.03 Å². The molecule has 0 aliphatic carbocycles. The number of carbonyl (C=O) groups excluding carboxylic acids is 2. The Balaban J connectivity index is 1.49. The largest absolute Gasteiger partial charge is 0.487 e. The molecule has 1 aliphatic heterocycles. The summed E-state index contributed by atoms with van der Waals surface area (Å²) in [5, 5.41) is 5.34. The lowest BCUT2D eigenvalue weighted by Crippen LogP contribution is -2.22. The van der Waals surface area contributed by atoms with Crippen LogP contribution in [0.4, 0.5) is 4.79 Å². The Morgan fingerprint density at radius 1 is 1.17 bits per heavy atom. The van der Waals surface area contributed by atoms with Gasteiger partial charge in [0.25, 0.3) is 5.91 Å². The fourth-order valence-electron chi connectivity index (χ4n) is 3.09. The Hall–Kier alpha value is -3.03. The fourth-order valence-corrected chi connectivity index (χ4v) is 4.38. The zero-order valence-electron chi connectivity index (χ0n) is 16.0. The topological polar surface area (TPSA) is 80.3 Å². The van der Waals surface area contributed by atoms with E-state index in [9.17, 15) is 9.59 Å². The molecule has 6 nitrogen and oxygen atoms in total. The molecule has 8 heteroatoms. The first-order valence-electron chi connectivity index (χ1n) is 9.20. The Morgan fingerprint density at radius 2 is 2.03 bits per heavy atom. The standard InChI is InChI=1S/C22H18ClN3O3S/c1-13-3-2-4-14(9-13)12-29-18-6-5-15(10-17(18)23)30-19-7-8-24-11-16(19)20-21(27)26-22(28)25-20/h2-11,20H,12H2,1H3,(H2,25,26,27,28). The molecule has 3 amide bonds. The number of urea groups is 1. The van der Waals surface area contributed by atoms with Crippen LogP contribution in [0.25, 0.3) is 0 Å². The Kier molecular flexibility index (Phi) is 5.92. The monoisotopic (exact) mass is 439 g/mol. The smallest absolute Gasteiger partial charge is 0.322 e. The lowest BCUT2D eigenvalue weighted by atomic mass is 10.1. The van der Waals surface area contributed by atoms with E-state index in [0.29, 0.717) is 22.9 Å². The summed E-state index contributed by atoms with van der Waals surface area (Å²) in [5.41, 5.74) is 2.87. The first-order valence-corrected chi connectivity index (χ1v) is 10.4. The zero-order chi connectivity index (χ0) is 21.1. The molecule has 4 rings (SSSR count). The van der Waals surface area contributed by atoms with Gasteiger partial charge in [-0.15, -0.1) is 0 Å². The molecular formula is C22H18ClN3O3S. The molecular weight excluding hydrogens is 422 g/mol. The predicted molar refractivity (Wildman–Crippen MR) is 115 cm³/mol. The van der Waals surface area contributed by atoms with E-state index in [4.69, 9.17) is 16.3 Å². The molecule has 2 N–H and O–H groups in total. The van der Waals surface area contributed by atoms with Crippen molar-refractivity contribution in [1.29, 1.82) is 0 Å². The number of aryl methyl sites for hydroxylation is 1. The summed E-state index contributed by atoms with van der Waals surface area (Å²) in [6, 6.07) is 14.2. The van der Waals surface area contributed by atoms with Crippen LogP contribution in [-0.2, 0) is 11.4 Å². The number of aromatic nitrogens is 1. The molecule has 2 heterocycles. The van der Waals surface area contributed by atoms with Crippen molar-refractivity contribution in [3.05, 3.63) is 82.6 Å². The molecule has 1 fully saturated rings. The molecule has 1 saturated heterocycles. The third-order valence-corrected chi connectivity index (χ3v) is 5.88. The summed E-state index contributed by atoms with van der Waals surface area (Å²) in [4.78, 5) is 29.3. The second-order valence-electron chi connectivity index (χ2n) is 6.78. The van der Waals surface area contributed by atoms with E-state index in [1.54, 1.807) is 18.5 Å². The van der Waals surface area contributed by atoms with Gasteiger partial charge in [0.2, 0.25) is 0 Å². The highest BCUT2D eigenvalue weighted by Crippen LogP contribution is 2.37. The number of amides is 3. The zero-order valence-corrected chi connectivity index (χ0v) is 17.6. The predicted octanol–water partition coefficient (Wildman–Crippen LogP) is 4.65. The number of carbonyl (C=O) groups is 2. The molecule has 30 heavy (non-hydrogen) atoms. The summed E-state index contributed by atoms with van der Waals surface area (Å²) in [5.74, 6) is 0.202. The van der Waals surface area contributed by atoms with Crippen molar-refractivity contribution >= 4 is 35.3 Å². The number of nitrogens with zero attached hydrogens (tertiary/aromatic N) is 1. The van der Waals surface area contributed by atoms with Gasteiger partial charge in [0.05, 0.1) is 5.02 Å². The van der Waals surface area contributed by atoms with Gasteiger partial charge in [-0.05, 0) is 36.8 Å². The molecule has 0 saturated carbocycles. The summed E-state index contributed by atoms with van der Waals surface area (Å²) in [6.45, 7) is 2.47. The first-order chi connectivity index (χ1) is 14.5. The third kappa shape index (κ3) is 4.58. The molecule has 0 bridgehead atoms. The van der Waals surface area contributed by atoms with Gasteiger partial charge < -0.3 is 10.1 Å². The molecule has 1 atom stereocenters. The van der Waals surface area contributed by atoms with E-state index < -0.39 is 18.0 Å². The number of rotatable bonds is 6. The van der Waals surface area contributed by atoms with Crippen molar-refractivity contribution in [2.24, 2.45) is 0 Å². The van der Waals surface area contributed by atoms with E-state index in [1.807, 2.05) is 43.3 Å². The van der Waals surface area contributed by atoms with Crippen LogP contribution in [0.3, 0.4) is 0 Å². The Bertz CT molecular complexity index is 1120. The Labute approximate surface area is 183 Å². The van der Waals surface area contributed by atoms with Gasteiger partial charge in [-0.3, -0.25) is 15.1 Å². The van der Waals surface area contributed by atoms with Gasteiger partial charge in [-0.25, -0.2) is 4.79 Å². The minimum Gasteiger partial charge on any atom is -0.487 e. The molecule has 1 aromatic heterocycles. The number of hydrogen-bond acceptors (Lipinski definition) is 5. The molecule has 3 aromatic rings. The van der Waals surface area contributed by atoms with Crippen LogP contribution < -0.4 is 15.4 Å². The van der Waals surface area contributed by atoms with Crippen LogP contribution in [0.15, 0.2) is 70.7 Å². The normalized spacial score (nSPS) is 15.6. The van der Waals surface area contributed by atoms with Gasteiger partial charge in [0.1, 0.15) is 18.4 Å². The van der Waals surface area contributed by atoms with Crippen molar-refractivity contribution in [1.82, 2.24) is 15.6 Å². The van der Waals surface area contributed by atoms with Crippen LogP contribution in [-0.4, -0.2) is 16.9 Å². The first kappa shape index (κ1) is 20.3. The maximum Gasteiger partial charge on any atom is 0.322 e. The average Bonchev–Trinajstić information content (AvgIpc) is 3.06. The highest BCUT2D eigenvalue weighted by atomic mass is 35.5. The van der Waals surface area contributed by atoms with E-state index in [0.717, 1.165) is 15.4 Å². The van der Waals surface area contributed by atoms with E-state index >= 15 is 0 Å². The number of hydrogen-bond donors (Lipinski definition) is 2. The van der Waals surface area contributed by atoms with E-state index in [-0.39, 0.29) is 0 Å². The highest BCUT2D eigenvalue weighted by Gasteiger charge is 2.32. The second-order valence-corrected chi connectivity index (χ2v) is 8.30. The molecule has 2 aromatic carbocycles. The maximum atomic E-state index is 12.0. The average molecular weight is 440 g/mol. The number of benzene rings is 2. The van der Waals surface area contributed by atoms with Crippen LogP contribution in [0.2, 0.25) is 5.02 Å². The lowest BCUT2D eigenvalue weighted by Gasteiger charge is -2.13. The lowest BCUT2D eigenvalue weighted by molar-refractivity contribution is -0.120. The van der Waals surface area contributed by atoms with E-state index in [1.165, 1.54) is 17.3 Å². The van der Waals surface area contributed by atoms with Gasteiger partial charge in [-0.1, -0.05) is 53.2 Å². The van der Waals surface area contributed by atoms with Crippen molar-refractivity contribution in [3.8, 4) is 5.75 Å². The van der Waals surface area contributed by atoms with Crippen molar-refractivity contribution in [2.45, 2.75) is 29.4 Å². The van der Waals surface area contributed by atoms with Gasteiger partial charge in [-0.2, -0.15) is 0 Å². The minimum atomic E-state index is -0.763. The summed E-state index contributed by atoms with van der Waals surface area (Å²) in [6.07, 6.45) is 3.22. The van der Waals surface area contributed by atoms with Crippen LogP contribution in [0.5, 0.6) is 5.75 Å². The minimum absolute atomic E-state index is 0.396. The number of pyridine rings is 1. The summed E-state index contributed by atoms with van der Waals surface area (Å²) >= 11 is 7.86. The number of halogens is 1. The summed E-state index contributed by atoms with van der Waals surface area (Å²) in [7, 11) is 0. The third-order valence-electron chi connectivity index (χ3n) is 4.50. The summed E-state index contributed by atoms with van der Waals surface area (Å²) < 4.78 is 5.86. The maximum absolute atomic E-state index is 12.0. The van der Waals surface area contributed by atoms with Crippen LogP contribution in [0.1, 0.15) is 22.7 Å². The number of nitrogens with one attached hydrogen (secondary N) is 2. The molecule has 1 unspecified atom stereocenters. The van der Waals surface area contributed by atoms with Crippen LogP contribution >= 0.6 is 23.4 Å². The molecule has 152 valence electrons. The highest BCUT2D eigenvalue weighted by molar-refractivity contribution is 7.99. The fraction of sp³-hybridized carbons (Fsp3) is 0.136. The Morgan fingerprint density at radius 3 is 2.77 bits per heavy atom. The molecule has 0 spiro atoms. The van der Waals surface area contributed by atoms with Crippen molar-refractivity contribution in [2.75, 3.05) is 0 Å². The van der Waals surface area contributed by atoms with E-state index in [2.05, 4.69) is 21.7 Å².